The molecule has 0 radical (unpaired) electrons. The first-order valence-electron chi connectivity index (χ1n) is 6.03. The van der Waals surface area contributed by atoms with Crippen molar-refractivity contribution in [2.75, 3.05) is 5.43 Å². The van der Waals surface area contributed by atoms with Crippen LogP contribution in [0.1, 0.15) is 23.9 Å². The van der Waals surface area contributed by atoms with Crippen molar-refractivity contribution in [3.8, 4) is 0 Å². The zero-order valence-electron chi connectivity index (χ0n) is 11.4. The van der Waals surface area contributed by atoms with E-state index in [1.807, 2.05) is 26.8 Å². The Balaban J connectivity index is 2.24. The molecule has 0 saturated heterocycles. The number of hydrogen-bond donors (Lipinski definition) is 1. The number of nitrogens with zero attached hydrogens (tertiary/aromatic N) is 3. The minimum absolute atomic E-state index is 0.458. The summed E-state index contributed by atoms with van der Waals surface area (Å²) in [5.74, 6) is 0.458. The Morgan fingerprint density at radius 1 is 1.10 bits per heavy atom. The molecule has 6 heteroatoms. The molecule has 1 aromatic carbocycles. The third kappa shape index (κ3) is 3.68. The molecule has 0 bridgehead atoms. The lowest BCUT2D eigenvalue weighted by Gasteiger charge is -2.06. The quantitative estimate of drug-likeness (QED) is 0.681. The maximum atomic E-state index is 6.12. The van der Waals surface area contributed by atoms with Crippen molar-refractivity contribution in [2.24, 2.45) is 5.10 Å². The van der Waals surface area contributed by atoms with Gasteiger partial charge >= 0.3 is 0 Å². The summed E-state index contributed by atoms with van der Waals surface area (Å²) in [5.41, 5.74) is 6.08. The summed E-state index contributed by atoms with van der Waals surface area (Å²) in [7, 11) is 0. The zero-order valence-corrected chi connectivity index (χ0v) is 12.9. The third-order valence-corrected chi connectivity index (χ3v) is 3.19. The number of hydrazone groups is 1. The highest BCUT2D eigenvalue weighted by atomic mass is 35.5. The number of aromatic nitrogens is 2. The molecule has 0 saturated carbocycles. The molecule has 0 fully saturated rings. The summed E-state index contributed by atoms with van der Waals surface area (Å²) >= 11 is 12.1. The fourth-order valence-electron chi connectivity index (χ4n) is 1.74. The third-order valence-electron chi connectivity index (χ3n) is 2.62. The summed E-state index contributed by atoms with van der Waals surface area (Å²) in [5, 5.41) is 5.46. The molecule has 104 valence electrons. The van der Waals surface area contributed by atoms with E-state index in [2.05, 4.69) is 20.5 Å². The van der Waals surface area contributed by atoms with Gasteiger partial charge in [-0.1, -0.05) is 23.2 Å². The van der Waals surface area contributed by atoms with Gasteiger partial charge in [0.05, 0.1) is 5.71 Å². The van der Waals surface area contributed by atoms with Crippen LogP contribution < -0.4 is 5.43 Å². The Kier molecular flexibility index (Phi) is 4.57. The van der Waals surface area contributed by atoms with Gasteiger partial charge in [0, 0.05) is 27.0 Å². The maximum Gasteiger partial charge on any atom is 0.243 e. The topological polar surface area (TPSA) is 50.2 Å². The Bertz CT molecular complexity index is 648. The summed E-state index contributed by atoms with van der Waals surface area (Å²) in [6.07, 6.45) is 0. The van der Waals surface area contributed by atoms with Gasteiger partial charge in [-0.15, -0.1) is 0 Å². The van der Waals surface area contributed by atoms with Gasteiger partial charge in [-0.25, -0.2) is 15.4 Å². The van der Waals surface area contributed by atoms with Crippen molar-refractivity contribution >= 4 is 34.9 Å². The Hall–Kier alpha value is -1.65. The molecule has 0 spiro atoms. The first kappa shape index (κ1) is 14.8. The van der Waals surface area contributed by atoms with Crippen molar-refractivity contribution in [1.82, 2.24) is 9.97 Å². The zero-order chi connectivity index (χ0) is 14.7. The smallest absolute Gasteiger partial charge is 0.243 e. The van der Waals surface area contributed by atoms with Gasteiger partial charge in [-0.05, 0) is 45.0 Å². The number of aryl methyl sites for hydroxylation is 2. The molecule has 2 rings (SSSR count). The predicted octanol–water partition coefficient (Wildman–Crippen LogP) is 4.24. The van der Waals surface area contributed by atoms with Crippen LogP contribution in [0.15, 0.2) is 29.4 Å². The first-order chi connectivity index (χ1) is 9.45. The highest BCUT2D eigenvalue weighted by Gasteiger charge is 2.05. The van der Waals surface area contributed by atoms with E-state index >= 15 is 0 Å². The van der Waals surface area contributed by atoms with Gasteiger partial charge in [-0.2, -0.15) is 5.10 Å². The summed E-state index contributed by atoms with van der Waals surface area (Å²) in [4.78, 5) is 8.50. The van der Waals surface area contributed by atoms with Crippen molar-refractivity contribution in [3.05, 3.63) is 51.3 Å². The van der Waals surface area contributed by atoms with Crippen molar-refractivity contribution in [2.45, 2.75) is 20.8 Å². The van der Waals surface area contributed by atoms with E-state index in [9.17, 15) is 0 Å². The van der Waals surface area contributed by atoms with E-state index in [1.54, 1.807) is 18.2 Å². The Labute approximate surface area is 127 Å². The summed E-state index contributed by atoms with van der Waals surface area (Å²) in [6.45, 7) is 5.65. The number of anilines is 1. The molecule has 2 aromatic rings. The van der Waals surface area contributed by atoms with E-state index in [4.69, 9.17) is 23.2 Å². The van der Waals surface area contributed by atoms with Crippen LogP contribution in [0.4, 0.5) is 5.95 Å². The van der Waals surface area contributed by atoms with E-state index in [0.29, 0.717) is 21.7 Å². The second-order valence-corrected chi connectivity index (χ2v) is 5.25. The van der Waals surface area contributed by atoms with Crippen molar-refractivity contribution in [1.29, 1.82) is 0 Å². The lowest BCUT2D eigenvalue weighted by atomic mass is 10.1. The van der Waals surface area contributed by atoms with Crippen molar-refractivity contribution in [3.63, 3.8) is 0 Å². The molecule has 1 N–H and O–H groups in total. The van der Waals surface area contributed by atoms with Crippen LogP contribution in [-0.4, -0.2) is 15.7 Å². The highest BCUT2D eigenvalue weighted by Crippen LogP contribution is 2.21. The molecule has 0 amide bonds. The number of nitrogens with one attached hydrogen (secondary N) is 1. The number of benzene rings is 1. The van der Waals surface area contributed by atoms with Gasteiger partial charge in [0.25, 0.3) is 0 Å². The molecular weight excluding hydrogens is 295 g/mol. The average Bonchev–Trinajstić information content (AvgIpc) is 2.38. The van der Waals surface area contributed by atoms with Crippen LogP contribution in [0.5, 0.6) is 0 Å². The monoisotopic (exact) mass is 308 g/mol. The molecule has 1 aromatic heterocycles. The molecule has 0 aliphatic carbocycles. The lowest BCUT2D eigenvalue weighted by Crippen LogP contribution is -2.04. The molecule has 0 aliphatic rings. The van der Waals surface area contributed by atoms with Gasteiger partial charge in [0.15, 0.2) is 0 Å². The molecule has 0 unspecified atom stereocenters. The van der Waals surface area contributed by atoms with Crippen molar-refractivity contribution < 1.29 is 0 Å². The molecule has 20 heavy (non-hydrogen) atoms. The normalized spacial score (nSPS) is 11.6. The minimum Gasteiger partial charge on any atom is -0.245 e. The summed E-state index contributed by atoms with van der Waals surface area (Å²) < 4.78 is 0. The van der Waals surface area contributed by atoms with Gasteiger partial charge in [0.2, 0.25) is 5.95 Å². The molecule has 1 heterocycles. The van der Waals surface area contributed by atoms with E-state index in [-0.39, 0.29) is 0 Å². The van der Waals surface area contributed by atoms with Crippen LogP contribution in [0, 0.1) is 13.8 Å². The first-order valence-corrected chi connectivity index (χ1v) is 6.79. The largest absolute Gasteiger partial charge is 0.245 e. The van der Waals surface area contributed by atoms with Crippen LogP contribution in [0.2, 0.25) is 10.0 Å². The van der Waals surface area contributed by atoms with Crippen LogP contribution in [-0.2, 0) is 0 Å². The van der Waals surface area contributed by atoms with E-state index in [0.717, 1.165) is 17.0 Å². The van der Waals surface area contributed by atoms with Gasteiger partial charge < -0.3 is 0 Å². The number of rotatable bonds is 3. The lowest BCUT2D eigenvalue weighted by molar-refractivity contribution is 1.03. The molecule has 0 aliphatic heterocycles. The fourth-order valence-corrected chi connectivity index (χ4v) is 2.17. The van der Waals surface area contributed by atoms with Crippen LogP contribution in [0.25, 0.3) is 0 Å². The SMILES string of the molecule is C/C(=N/Nc1nc(C)cc(C)n1)c1cc(Cl)ccc1Cl. The Morgan fingerprint density at radius 2 is 1.75 bits per heavy atom. The van der Waals surface area contributed by atoms with Crippen LogP contribution >= 0.6 is 23.2 Å². The van der Waals surface area contributed by atoms with Gasteiger partial charge in [-0.3, -0.25) is 0 Å². The second-order valence-electron chi connectivity index (χ2n) is 4.41. The fraction of sp³-hybridized carbons (Fsp3) is 0.214. The summed E-state index contributed by atoms with van der Waals surface area (Å²) in [6, 6.07) is 7.15. The minimum atomic E-state index is 0.458. The number of hydrogen-bond acceptors (Lipinski definition) is 4. The average molecular weight is 309 g/mol. The molecule has 0 atom stereocenters. The predicted molar refractivity (Wildman–Crippen MR) is 83.8 cm³/mol. The van der Waals surface area contributed by atoms with Crippen LogP contribution in [0.3, 0.4) is 0 Å². The molecular formula is C14H14Cl2N4. The Morgan fingerprint density at radius 3 is 2.40 bits per heavy atom. The second kappa shape index (κ2) is 6.20. The van der Waals surface area contributed by atoms with E-state index in [1.165, 1.54) is 0 Å². The molecule has 4 nitrogen and oxygen atoms in total. The maximum absolute atomic E-state index is 6.12. The van der Waals surface area contributed by atoms with Gasteiger partial charge in [0.1, 0.15) is 0 Å². The standard InChI is InChI=1S/C14H14Cl2N4/c1-8-6-9(2)18-14(17-8)20-19-10(3)12-7-11(15)4-5-13(12)16/h4-7H,1-3H3,(H,17,18,20)/b19-10-. The highest BCUT2D eigenvalue weighted by molar-refractivity contribution is 6.36. The van der Waals surface area contributed by atoms with E-state index < -0.39 is 0 Å². The number of halogens is 2.